The minimum atomic E-state index is -0.206. The van der Waals surface area contributed by atoms with Crippen molar-refractivity contribution in [1.82, 2.24) is 0 Å². The third kappa shape index (κ3) is 2.85. The smallest absolute Gasteiger partial charge is 0.161 e. The number of benzene rings is 1. The van der Waals surface area contributed by atoms with E-state index in [4.69, 9.17) is 4.99 Å². The van der Waals surface area contributed by atoms with Crippen LogP contribution in [0.15, 0.2) is 23.2 Å². The molecule has 2 nitrogen and oxygen atoms in total. The van der Waals surface area contributed by atoms with Crippen molar-refractivity contribution in [1.29, 1.82) is 0 Å². The van der Waals surface area contributed by atoms with Gasteiger partial charge in [-0.3, -0.25) is 4.99 Å². The highest BCUT2D eigenvalue weighted by Gasteiger charge is 2.39. The fourth-order valence-corrected chi connectivity index (χ4v) is 4.43. The number of aliphatic imine (C=N–C) groups is 1. The van der Waals surface area contributed by atoms with E-state index in [1.54, 1.807) is 23.9 Å². The number of halogens is 1. The van der Waals surface area contributed by atoms with Crippen LogP contribution in [0.25, 0.3) is 0 Å². The predicted octanol–water partition coefficient (Wildman–Crippen LogP) is 4.60. The summed E-state index contributed by atoms with van der Waals surface area (Å²) in [6.07, 6.45) is 4.98. The van der Waals surface area contributed by atoms with Gasteiger partial charge in [-0.05, 0) is 43.4 Å². The van der Waals surface area contributed by atoms with Gasteiger partial charge >= 0.3 is 0 Å². The lowest BCUT2D eigenvalue weighted by molar-refractivity contribution is 0.266. The van der Waals surface area contributed by atoms with Crippen molar-refractivity contribution in [2.24, 2.45) is 10.9 Å². The summed E-state index contributed by atoms with van der Waals surface area (Å²) in [5.41, 5.74) is 2.01. The molecule has 1 N–H and O–H groups in total. The van der Waals surface area contributed by atoms with Gasteiger partial charge in [-0.1, -0.05) is 37.6 Å². The molecule has 1 saturated carbocycles. The molecular formula is C16H21FN2S. The summed E-state index contributed by atoms with van der Waals surface area (Å²) in [5.74, 6) is 1.62. The van der Waals surface area contributed by atoms with E-state index in [9.17, 15) is 4.39 Å². The zero-order chi connectivity index (χ0) is 14.2. The first kappa shape index (κ1) is 13.9. The van der Waals surface area contributed by atoms with Crippen LogP contribution in [-0.4, -0.2) is 16.5 Å². The summed E-state index contributed by atoms with van der Waals surface area (Å²) < 4.78 is 13.3. The van der Waals surface area contributed by atoms with Gasteiger partial charge in [0.25, 0.3) is 0 Å². The van der Waals surface area contributed by atoms with Gasteiger partial charge < -0.3 is 5.32 Å². The molecule has 20 heavy (non-hydrogen) atoms. The monoisotopic (exact) mass is 292 g/mol. The number of hydrogen-bond acceptors (Lipinski definition) is 3. The predicted molar refractivity (Wildman–Crippen MR) is 85.0 cm³/mol. The molecule has 0 amide bonds. The van der Waals surface area contributed by atoms with Gasteiger partial charge in [-0.2, -0.15) is 0 Å². The first-order valence-electron chi connectivity index (χ1n) is 7.32. The minimum absolute atomic E-state index is 0.131. The molecule has 1 aliphatic heterocycles. The highest BCUT2D eigenvalue weighted by molar-refractivity contribution is 8.14. The zero-order valence-corrected chi connectivity index (χ0v) is 12.9. The van der Waals surface area contributed by atoms with Crippen LogP contribution in [0.3, 0.4) is 0 Å². The number of thioether (sulfide) groups is 1. The Labute approximate surface area is 124 Å². The Bertz CT molecular complexity index is 543. The molecule has 2 unspecified atom stereocenters. The standard InChI is InChI=1S/C16H21FN2S/c1-11-4-3-7-16(9-11)10-20-15(19-16)18-14-8-13(17)6-5-12(14)2/h5-6,8,11H,3-4,7,9-10H2,1-2H3,(H,18,19). The SMILES string of the molecule is Cc1ccc(F)cc1NC1=NC2(CCCC(C)C2)CS1. The van der Waals surface area contributed by atoms with E-state index in [0.717, 1.165) is 28.1 Å². The van der Waals surface area contributed by atoms with Crippen LogP contribution in [-0.2, 0) is 0 Å². The first-order valence-corrected chi connectivity index (χ1v) is 8.31. The fourth-order valence-electron chi connectivity index (χ4n) is 3.26. The van der Waals surface area contributed by atoms with E-state index in [-0.39, 0.29) is 11.4 Å². The lowest BCUT2D eigenvalue weighted by Crippen LogP contribution is -2.33. The van der Waals surface area contributed by atoms with Gasteiger partial charge in [-0.25, -0.2) is 4.39 Å². The van der Waals surface area contributed by atoms with Gasteiger partial charge in [0.05, 0.1) is 5.54 Å². The summed E-state index contributed by atoms with van der Waals surface area (Å²) in [6.45, 7) is 4.31. The van der Waals surface area contributed by atoms with E-state index in [2.05, 4.69) is 12.2 Å². The Morgan fingerprint density at radius 1 is 1.45 bits per heavy atom. The molecule has 1 aliphatic carbocycles. The van der Waals surface area contributed by atoms with Crippen LogP contribution < -0.4 is 5.32 Å². The van der Waals surface area contributed by atoms with E-state index < -0.39 is 0 Å². The van der Waals surface area contributed by atoms with Gasteiger partial charge in [0.2, 0.25) is 0 Å². The Morgan fingerprint density at radius 3 is 3.10 bits per heavy atom. The molecule has 1 aromatic carbocycles. The third-order valence-electron chi connectivity index (χ3n) is 4.32. The molecule has 4 heteroatoms. The van der Waals surface area contributed by atoms with E-state index in [1.165, 1.54) is 31.7 Å². The third-order valence-corrected chi connectivity index (χ3v) is 5.47. The molecule has 0 aromatic heterocycles. The number of rotatable bonds is 1. The van der Waals surface area contributed by atoms with Crippen molar-refractivity contribution in [3.05, 3.63) is 29.6 Å². The molecule has 2 atom stereocenters. The molecule has 0 radical (unpaired) electrons. The molecular weight excluding hydrogens is 271 g/mol. The quantitative estimate of drug-likeness (QED) is 0.818. The maximum Gasteiger partial charge on any atom is 0.161 e. The number of nitrogens with zero attached hydrogens (tertiary/aromatic N) is 1. The lowest BCUT2D eigenvalue weighted by Gasteiger charge is -2.33. The summed E-state index contributed by atoms with van der Waals surface area (Å²) in [5, 5.41) is 4.26. The highest BCUT2D eigenvalue weighted by Crippen LogP contribution is 2.42. The molecule has 1 fully saturated rings. The second kappa shape index (κ2) is 5.40. The van der Waals surface area contributed by atoms with Crippen molar-refractivity contribution in [2.75, 3.05) is 11.1 Å². The Kier molecular flexibility index (Phi) is 3.76. The number of nitrogens with one attached hydrogen (secondary N) is 1. The van der Waals surface area contributed by atoms with Gasteiger partial charge in [0.1, 0.15) is 5.82 Å². The van der Waals surface area contributed by atoms with Crippen molar-refractivity contribution in [3.63, 3.8) is 0 Å². The zero-order valence-electron chi connectivity index (χ0n) is 12.1. The maximum atomic E-state index is 13.3. The first-order chi connectivity index (χ1) is 9.56. The van der Waals surface area contributed by atoms with E-state index in [1.807, 2.05) is 6.92 Å². The number of anilines is 1. The van der Waals surface area contributed by atoms with Crippen LogP contribution in [0.2, 0.25) is 0 Å². The number of hydrogen-bond donors (Lipinski definition) is 1. The van der Waals surface area contributed by atoms with Gasteiger partial charge in [-0.15, -0.1) is 0 Å². The average molecular weight is 292 g/mol. The maximum absolute atomic E-state index is 13.3. The average Bonchev–Trinajstić information content (AvgIpc) is 2.76. The number of aryl methyl sites for hydroxylation is 1. The Morgan fingerprint density at radius 2 is 2.30 bits per heavy atom. The van der Waals surface area contributed by atoms with E-state index >= 15 is 0 Å². The van der Waals surface area contributed by atoms with Gasteiger partial charge in [0.15, 0.2) is 5.17 Å². The Balaban J connectivity index is 1.77. The summed E-state index contributed by atoms with van der Waals surface area (Å²) in [6, 6.07) is 4.84. The summed E-state index contributed by atoms with van der Waals surface area (Å²) in [7, 11) is 0. The van der Waals surface area contributed by atoms with Crippen LogP contribution in [0.1, 0.15) is 38.2 Å². The lowest BCUT2D eigenvalue weighted by atomic mass is 9.78. The molecule has 1 heterocycles. The molecule has 2 aliphatic rings. The summed E-state index contributed by atoms with van der Waals surface area (Å²) in [4.78, 5) is 4.94. The Hall–Kier alpha value is -1.03. The van der Waals surface area contributed by atoms with Crippen molar-refractivity contribution < 1.29 is 4.39 Å². The molecule has 0 bridgehead atoms. The fraction of sp³-hybridized carbons (Fsp3) is 0.562. The molecule has 3 rings (SSSR count). The minimum Gasteiger partial charge on any atom is -0.335 e. The van der Waals surface area contributed by atoms with Crippen LogP contribution in [0.5, 0.6) is 0 Å². The van der Waals surface area contributed by atoms with Crippen molar-refractivity contribution in [2.45, 2.75) is 45.1 Å². The van der Waals surface area contributed by atoms with Crippen molar-refractivity contribution in [3.8, 4) is 0 Å². The summed E-state index contributed by atoms with van der Waals surface area (Å²) >= 11 is 1.78. The van der Waals surface area contributed by atoms with Crippen molar-refractivity contribution >= 4 is 22.6 Å². The molecule has 0 saturated heterocycles. The second-order valence-electron chi connectivity index (χ2n) is 6.22. The normalized spacial score (nSPS) is 29.6. The highest BCUT2D eigenvalue weighted by atomic mass is 32.2. The number of amidine groups is 1. The van der Waals surface area contributed by atoms with E-state index in [0.29, 0.717) is 0 Å². The topological polar surface area (TPSA) is 24.4 Å². The second-order valence-corrected chi connectivity index (χ2v) is 7.18. The van der Waals surface area contributed by atoms with Crippen LogP contribution in [0.4, 0.5) is 10.1 Å². The van der Waals surface area contributed by atoms with Crippen LogP contribution >= 0.6 is 11.8 Å². The molecule has 108 valence electrons. The molecule has 1 spiro atoms. The van der Waals surface area contributed by atoms with Gasteiger partial charge in [0, 0.05) is 11.4 Å². The van der Waals surface area contributed by atoms with Crippen LogP contribution in [0, 0.1) is 18.7 Å². The molecule has 1 aromatic rings. The largest absolute Gasteiger partial charge is 0.335 e.